The van der Waals surface area contributed by atoms with E-state index in [0.29, 0.717) is 11.3 Å². The molecule has 0 radical (unpaired) electrons. The Bertz CT molecular complexity index is 1080. The molecule has 0 saturated heterocycles. The fourth-order valence-corrected chi connectivity index (χ4v) is 3.41. The van der Waals surface area contributed by atoms with Crippen LogP contribution in [0.25, 0.3) is 27.2 Å². The number of carbonyl (C=O) groups is 1. The van der Waals surface area contributed by atoms with Crippen LogP contribution in [0.2, 0.25) is 0 Å². The Labute approximate surface area is 148 Å². The Morgan fingerprint density at radius 1 is 1.04 bits per heavy atom. The standard InChI is InChI=1S/C20H14N2O2S/c1-13-9-10-14-5-4-7-16(20(14)21-13)24-19(23)12-11-18-22-15-6-2-3-8-17(15)25-18/h2-12H,1H3/b12-11+. The molecule has 0 aliphatic heterocycles. The van der Waals surface area contributed by atoms with Crippen LogP contribution in [-0.4, -0.2) is 15.9 Å². The van der Waals surface area contributed by atoms with Crippen molar-refractivity contribution < 1.29 is 9.53 Å². The molecular weight excluding hydrogens is 332 g/mol. The number of rotatable bonds is 3. The summed E-state index contributed by atoms with van der Waals surface area (Å²) in [6.07, 6.45) is 3.07. The van der Waals surface area contributed by atoms with E-state index in [-0.39, 0.29) is 0 Å². The maximum absolute atomic E-state index is 12.2. The molecule has 0 fully saturated rings. The number of aryl methyl sites for hydroxylation is 1. The second-order valence-electron chi connectivity index (χ2n) is 5.55. The van der Waals surface area contributed by atoms with E-state index in [2.05, 4.69) is 9.97 Å². The predicted molar refractivity (Wildman–Crippen MR) is 101 cm³/mol. The van der Waals surface area contributed by atoms with Gasteiger partial charge in [0.05, 0.1) is 10.2 Å². The summed E-state index contributed by atoms with van der Waals surface area (Å²) in [4.78, 5) is 21.1. The van der Waals surface area contributed by atoms with Gasteiger partial charge in [0.2, 0.25) is 0 Å². The number of esters is 1. The minimum absolute atomic E-state index is 0.449. The summed E-state index contributed by atoms with van der Waals surface area (Å²) < 4.78 is 6.55. The molecule has 2 aromatic carbocycles. The van der Waals surface area contributed by atoms with Gasteiger partial charge in [0.15, 0.2) is 5.75 Å². The SMILES string of the molecule is Cc1ccc2cccc(OC(=O)/C=C/c3nc4ccccc4s3)c2n1. The van der Waals surface area contributed by atoms with Crippen LogP contribution in [0.3, 0.4) is 0 Å². The maximum atomic E-state index is 12.2. The largest absolute Gasteiger partial charge is 0.421 e. The van der Waals surface area contributed by atoms with E-state index in [9.17, 15) is 4.79 Å². The summed E-state index contributed by atoms with van der Waals surface area (Å²) in [6, 6.07) is 17.3. The number of carbonyl (C=O) groups excluding carboxylic acids is 1. The van der Waals surface area contributed by atoms with E-state index >= 15 is 0 Å². The first-order valence-corrected chi connectivity index (χ1v) is 8.62. The number of hydrogen-bond acceptors (Lipinski definition) is 5. The van der Waals surface area contributed by atoms with E-state index in [1.807, 2.05) is 55.5 Å². The molecule has 0 aliphatic rings. The number of hydrogen-bond donors (Lipinski definition) is 0. The fourth-order valence-electron chi connectivity index (χ4n) is 2.54. The molecular formula is C20H14N2O2S. The molecule has 0 spiro atoms. The van der Waals surface area contributed by atoms with E-state index in [1.54, 1.807) is 12.1 Å². The van der Waals surface area contributed by atoms with Crippen molar-refractivity contribution in [3.8, 4) is 5.75 Å². The van der Waals surface area contributed by atoms with Gasteiger partial charge in [-0.1, -0.05) is 30.3 Å². The summed E-state index contributed by atoms with van der Waals surface area (Å²) in [6.45, 7) is 1.91. The van der Waals surface area contributed by atoms with Crippen LogP contribution in [-0.2, 0) is 4.79 Å². The average molecular weight is 346 g/mol. The van der Waals surface area contributed by atoms with E-state index in [4.69, 9.17) is 4.74 Å². The van der Waals surface area contributed by atoms with E-state index in [1.165, 1.54) is 17.4 Å². The van der Waals surface area contributed by atoms with Crippen molar-refractivity contribution in [3.05, 3.63) is 71.4 Å². The third kappa shape index (κ3) is 3.27. The quantitative estimate of drug-likeness (QED) is 0.304. The lowest BCUT2D eigenvalue weighted by Gasteiger charge is -2.05. The molecule has 4 aromatic rings. The molecule has 0 unspecified atom stereocenters. The second-order valence-corrected chi connectivity index (χ2v) is 6.62. The highest BCUT2D eigenvalue weighted by molar-refractivity contribution is 7.19. The number of ether oxygens (including phenoxy) is 1. The first kappa shape index (κ1) is 15.5. The first-order valence-electron chi connectivity index (χ1n) is 7.81. The normalized spacial score (nSPS) is 11.4. The summed E-state index contributed by atoms with van der Waals surface area (Å²) >= 11 is 1.53. The van der Waals surface area contributed by atoms with Gasteiger partial charge in [0.1, 0.15) is 10.5 Å². The number of pyridine rings is 1. The van der Waals surface area contributed by atoms with Crippen LogP contribution in [0.1, 0.15) is 10.7 Å². The van der Waals surface area contributed by atoms with E-state index < -0.39 is 5.97 Å². The van der Waals surface area contributed by atoms with Crippen LogP contribution in [0, 0.1) is 6.92 Å². The summed E-state index contributed by atoms with van der Waals surface area (Å²) in [5.74, 6) is 0.00946. The van der Waals surface area contributed by atoms with Crippen LogP contribution < -0.4 is 4.74 Å². The topological polar surface area (TPSA) is 52.1 Å². The predicted octanol–water partition coefficient (Wildman–Crippen LogP) is 4.77. The zero-order chi connectivity index (χ0) is 17.2. The molecule has 0 aliphatic carbocycles. The maximum Gasteiger partial charge on any atom is 0.336 e. The molecule has 0 N–H and O–H groups in total. The van der Waals surface area contributed by atoms with Gasteiger partial charge in [-0.15, -0.1) is 11.3 Å². The molecule has 25 heavy (non-hydrogen) atoms. The fraction of sp³-hybridized carbons (Fsp3) is 0.0500. The van der Waals surface area contributed by atoms with Crippen molar-refractivity contribution in [3.63, 3.8) is 0 Å². The molecule has 4 rings (SSSR count). The molecule has 4 nitrogen and oxygen atoms in total. The third-order valence-electron chi connectivity index (χ3n) is 3.71. The van der Waals surface area contributed by atoms with Gasteiger partial charge in [0.25, 0.3) is 0 Å². The number of fused-ring (bicyclic) bond motifs is 2. The number of aromatic nitrogens is 2. The Hall–Kier alpha value is -3.05. The van der Waals surface area contributed by atoms with Gasteiger partial charge in [-0.3, -0.25) is 0 Å². The number of benzene rings is 2. The average Bonchev–Trinajstić information content (AvgIpc) is 3.03. The van der Waals surface area contributed by atoms with Gasteiger partial charge in [-0.25, -0.2) is 14.8 Å². The highest BCUT2D eigenvalue weighted by atomic mass is 32.1. The highest BCUT2D eigenvalue weighted by Crippen LogP contribution is 2.25. The molecule has 0 saturated carbocycles. The Kier molecular flexibility index (Phi) is 3.99. The zero-order valence-corrected chi connectivity index (χ0v) is 14.3. The van der Waals surface area contributed by atoms with Gasteiger partial charge < -0.3 is 4.74 Å². The lowest BCUT2D eigenvalue weighted by molar-refractivity contribution is -0.128. The van der Waals surface area contributed by atoms with Crippen molar-refractivity contribution in [2.45, 2.75) is 6.92 Å². The molecule has 5 heteroatoms. The van der Waals surface area contributed by atoms with Crippen LogP contribution in [0.4, 0.5) is 0 Å². The van der Waals surface area contributed by atoms with Crippen LogP contribution in [0.5, 0.6) is 5.75 Å². The molecule has 122 valence electrons. The van der Waals surface area contributed by atoms with Crippen LogP contribution >= 0.6 is 11.3 Å². The molecule has 0 atom stereocenters. The molecule has 2 aromatic heterocycles. The lowest BCUT2D eigenvalue weighted by atomic mass is 10.2. The number of para-hydroxylation sites is 2. The van der Waals surface area contributed by atoms with Gasteiger partial charge in [-0.2, -0.15) is 0 Å². The van der Waals surface area contributed by atoms with Crippen molar-refractivity contribution >= 4 is 44.5 Å². The summed E-state index contributed by atoms with van der Waals surface area (Å²) in [7, 11) is 0. The van der Waals surface area contributed by atoms with Crippen LogP contribution in [0.15, 0.2) is 60.7 Å². The van der Waals surface area contributed by atoms with Crippen molar-refractivity contribution in [2.75, 3.05) is 0 Å². The Balaban J connectivity index is 1.57. The second kappa shape index (κ2) is 6.45. The highest BCUT2D eigenvalue weighted by Gasteiger charge is 2.08. The van der Waals surface area contributed by atoms with E-state index in [0.717, 1.165) is 26.3 Å². The molecule has 2 heterocycles. The summed E-state index contributed by atoms with van der Waals surface area (Å²) in [5.41, 5.74) is 2.49. The van der Waals surface area contributed by atoms with Gasteiger partial charge in [-0.05, 0) is 37.3 Å². The van der Waals surface area contributed by atoms with Gasteiger partial charge in [0, 0.05) is 17.2 Å². The molecule has 0 amide bonds. The first-order chi connectivity index (χ1) is 12.2. The Morgan fingerprint density at radius 2 is 1.92 bits per heavy atom. The monoisotopic (exact) mass is 346 g/mol. The lowest BCUT2D eigenvalue weighted by Crippen LogP contribution is -2.04. The Morgan fingerprint density at radius 3 is 2.80 bits per heavy atom. The van der Waals surface area contributed by atoms with Crippen molar-refractivity contribution in [1.29, 1.82) is 0 Å². The smallest absolute Gasteiger partial charge is 0.336 e. The van der Waals surface area contributed by atoms with Crippen molar-refractivity contribution in [1.82, 2.24) is 9.97 Å². The number of thiazole rings is 1. The zero-order valence-electron chi connectivity index (χ0n) is 13.5. The minimum atomic E-state index is -0.449. The summed E-state index contributed by atoms with van der Waals surface area (Å²) in [5, 5.41) is 1.70. The third-order valence-corrected chi connectivity index (χ3v) is 4.71. The molecule has 0 bridgehead atoms. The minimum Gasteiger partial charge on any atom is -0.421 e. The van der Waals surface area contributed by atoms with Crippen molar-refractivity contribution in [2.24, 2.45) is 0 Å². The van der Waals surface area contributed by atoms with Gasteiger partial charge >= 0.3 is 5.97 Å². The number of nitrogens with zero attached hydrogens (tertiary/aromatic N) is 2.